The Bertz CT molecular complexity index is 400. The third-order valence-corrected chi connectivity index (χ3v) is 5.66. The SMILES string of the molecule is O=C(O)C1CCCCCC1NC(=O)N1CC2CCCC2C1. The second-order valence-corrected chi connectivity index (χ2v) is 6.99. The molecule has 0 bridgehead atoms. The van der Waals surface area contributed by atoms with Gasteiger partial charge in [-0.05, 0) is 37.5 Å². The van der Waals surface area contributed by atoms with Crippen LogP contribution >= 0.6 is 0 Å². The van der Waals surface area contributed by atoms with Crippen LogP contribution < -0.4 is 5.32 Å². The summed E-state index contributed by atoms with van der Waals surface area (Å²) >= 11 is 0. The highest BCUT2D eigenvalue weighted by Gasteiger charge is 2.39. The van der Waals surface area contributed by atoms with Gasteiger partial charge in [0.2, 0.25) is 0 Å². The molecule has 5 nitrogen and oxygen atoms in total. The smallest absolute Gasteiger partial charge is 0.317 e. The number of carbonyl (C=O) groups is 2. The van der Waals surface area contributed by atoms with E-state index in [-0.39, 0.29) is 12.1 Å². The van der Waals surface area contributed by atoms with Gasteiger partial charge in [0.1, 0.15) is 0 Å². The summed E-state index contributed by atoms with van der Waals surface area (Å²) in [5.41, 5.74) is 0. The first-order chi connectivity index (χ1) is 10.1. The predicted octanol–water partition coefficient (Wildman–Crippen LogP) is 2.46. The van der Waals surface area contributed by atoms with Crippen molar-refractivity contribution in [2.75, 3.05) is 13.1 Å². The molecule has 4 unspecified atom stereocenters. The Morgan fingerprint density at radius 1 is 0.905 bits per heavy atom. The highest BCUT2D eigenvalue weighted by molar-refractivity contribution is 5.77. The second-order valence-electron chi connectivity index (χ2n) is 6.99. The fourth-order valence-corrected chi connectivity index (χ4v) is 4.43. The quantitative estimate of drug-likeness (QED) is 0.769. The summed E-state index contributed by atoms with van der Waals surface area (Å²) in [4.78, 5) is 25.8. The van der Waals surface area contributed by atoms with E-state index in [9.17, 15) is 14.7 Å². The first-order valence-electron chi connectivity index (χ1n) is 8.43. The van der Waals surface area contributed by atoms with Gasteiger partial charge < -0.3 is 15.3 Å². The van der Waals surface area contributed by atoms with Crippen LogP contribution in [-0.2, 0) is 4.79 Å². The van der Waals surface area contributed by atoms with Crippen LogP contribution in [0.2, 0.25) is 0 Å². The van der Waals surface area contributed by atoms with Crippen LogP contribution in [0.15, 0.2) is 0 Å². The number of carboxylic acids is 1. The molecule has 0 aromatic carbocycles. The minimum Gasteiger partial charge on any atom is -0.481 e. The van der Waals surface area contributed by atoms with Crippen molar-refractivity contribution >= 4 is 12.0 Å². The van der Waals surface area contributed by atoms with E-state index in [1.165, 1.54) is 19.3 Å². The number of amides is 2. The fourth-order valence-electron chi connectivity index (χ4n) is 4.43. The molecule has 1 heterocycles. The Kier molecular flexibility index (Phi) is 4.36. The maximum absolute atomic E-state index is 12.4. The van der Waals surface area contributed by atoms with Gasteiger partial charge >= 0.3 is 12.0 Å². The molecule has 0 aromatic rings. The Hall–Kier alpha value is -1.26. The van der Waals surface area contributed by atoms with Crippen molar-refractivity contribution in [1.29, 1.82) is 0 Å². The zero-order chi connectivity index (χ0) is 14.8. The van der Waals surface area contributed by atoms with Gasteiger partial charge in [0.25, 0.3) is 0 Å². The van der Waals surface area contributed by atoms with Gasteiger partial charge in [0, 0.05) is 19.1 Å². The van der Waals surface area contributed by atoms with Crippen LogP contribution in [0.3, 0.4) is 0 Å². The molecular formula is C16H26N2O3. The third kappa shape index (κ3) is 3.16. The summed E-state index contributed by atoms with van der Waals surface area (Å²) < 4.78 is 0. The zero-order valence-electron chi connectivity index (χ0n) is 12.6. The van der Waals surface area contributed by atoms with Gasteiger partial charge in [-0.3, -0.25) is 4.79 Å². The first kappa shape index (κ1) is 14.7. The lowest BCUT2D eigenvalue weighted by atomic mass is 9.95. The number of carbonyl (C=O) groups excluding carboxylic acids is 1. The summed E-state index contributed by atoms with van der Waals surface area (Å²) in [5.74, 6) is 0.180. The van der Waals surface area contributed by atoms with Crippen LogP contribution in [0, 0.1) is 17.8 Å². The summed E-state index contributed by atoms with van der Waals surface area (Å²) in [7, 11) is 0. The zero-order valence-corrected chi connectivity index (χ0v) is 12.6. The van der Waals surface area contributed by atoms with Crippen molar-refractivity contribution in [1.82, 2.24) is 10.2 Å². The number of fused-ring (bicyclic) bond motifs is 1. The molecule has 2 amide bonds. The molecule has 3 aliphatic rings. The Balaban J connectivity index is 1.59. The lowest BCUT2D eigenvalue weighted by Gasteiger charge is -2.26. The molecule has 0 radical (unpaired) electrons. The molecule has 0 spiro atoms. The average Bonchev–Trinajstić information content (AvgIpc) is 2.95. The van der Waals surface area contributed by atoms with Gasteiger partial charge in [-0.1, -0.05) is 25.7 Å². The number of hydrogen-bond donors (Lipinski definition) is 2. The van der Waals surface area contributed by atoms with Crippen LogP contribution in [0.5, 0.6) is 0 Å². The van der Waals surface area contributed by atoms with Crippen molar-refractivity contribution in [3.63, 3.8) is 0 Å². The highest BCUT2D eigenvalue weighted by Crippen LogP contribution is 2.37. The largest absolute Gasteiger partial charge is 0.481 e. The molecule has 1 saturated heterocycles. The predicted molar refractivity (Wildman–Crippen MR) is 78.9 cm³/mol. The van der Waals surface area contributed by atoms with E-state index in [4.69, 9.17) is 0 Å². The van der Waals surface area contributed by atoms with Crippen LogP contribution in [0.1, 0.15) is 51.4 Å². The molecule has 4 atom stereocenters. The molecule has 1 aliphatic heterocycles. The average molecular weight is 294 g/mol. The molecule has 2 aliphatic carbocycles. The number of nitrogens with one attached hydrogen (secondary N) is 1. The minimum absolute atomic E-state index is 0.0393. The normalized spacial score (nSPS) is 36.1. The number of aliphatic carboxylic acids is 1. The Labute approximate surface area is 126 Å². The van der Waals surface area contributed by atoms with Gasteiger partial charge in [0.05, 0.1) is 5.92 Å². The monoisotopic (exact) mass is 294 g/mol. The Morgan fingerprint density at radius 2 is 1.57 bits per heavy atom. The molecule has 21 heavy (non-hydrogen) atoms. The van der Waals surface area contributed by atoms with Crippen LogP contribution in [0.25, 0.3) is 0 Å². The van der Waals surface area contributed by atoms with Gasteiger partial charge in [-0.2, -0.15) is 0 Å². The van der Waals surface area contributed by atoms with Gasteiger partial charge in [-0.25, -0.2) is 4.79 Å². The molecule has 3 rings (SSSR count). The van der Waals surface area contributed by atoms with Crippen molar-refractivity contribution < 1.29 is 14.7 Å². The van der Waals surface area contributed by atoms with Crippen molar-refractivity contribution in [3.05, 3.63) is 0 Å². The first-order valence-corrected chi connectivity index (χ1v) is 8.43. The van der Waals surface area contributed by atoms with Crippen molar-refractivity contribution in [3.8, 4) is 0 Å². The van der Waals surface area contributed by atoms with Gasteiger partial charge in [0.15, 0.2) is 0 Å². The maximum Gasteiger partial charge on any atom is 0.317 e. The molecule has 118 valence electrons. The number of nitrogens with zero attached hydrogens (tertiary/aromatic N) is 1. The van der Waals surface area contributed by atoms with E-state index in [0.717, 1.165) is 38.8 Å². The Morgan fingerprint density at radius 3 is 2.24 bits per heavy atom. The third-order valence-electron chi connectivity index (χ3n) is 5.66. The topological polar surface area (TPSA) is 69.6 Å². The number of hydrogen-bond acceptors (Lipinski definition) is 2. The summed E-state index contributed by atoms with van der Waals surface area (Å²) in [6.45, 7) is 1.72. The van der Waals surface area contributed by atoms with Crippen molar-refractivity contribution in [2.45, 2.75) is 57.4 Å². The van der Waals surface area contributed by atoms with E-state index in [1.54, 1.807) is 0 Å². The van der Waals surface area contributed by atoms with Gasteiger partial charge in [-0.15, -0.1) is 0 Å². The molecule has 3 fully saturated rings. The van der Waals surface area contributed by atoms with Crippen LogP contribution in [-0.4, -0.2) is 41.1 Å². The summed E-state index contributed by atoms with van der Waals surface area (Å²) in [6.07, 6.45) is 8.32. The minimum atomic E-state index is -0.763. The number of likely N-dealkylation sites (tertiary alicyclic amines) is 1. The fraction of sp³-hybridized carbons (Fsp3) is 0.875. The molecule has 2 saturated carbocycles. The lowest BCUT2D eigenvalue weighted by molar-refractivity contribution is -0.142. The van der Waals surface area contributed by atoms with E-state index in [2.05, 4.69) is 5.32 Å². The molecule has 2 N–H and O–H groups in total. The van der Waals surface area contributed by atoms with E-state index < -0.39 is 11.9 Å². The van der Waals surface area contributed by atoms with Crippen LogP contribution in [0.4, 0.5) is 4.79 Å². The maximum atomic E-state index is 12.4. The number of carboxylic acid groups (broad SMARTS) is 1. The van der Waals surface area contributed by atoms with E-state index >= 15 is 0 Å². The summed E-state index contributed by atoms with van der Waals surface area (Å²) in [6, 6.07) is -0.236. The standard InChI is InChI=1S/C16H26N2O3/c19-15(20)13-7-2-1-3-8-14(13)17-16(21)18-9-11-5-4-6-12(11)10-18/h11-14H,1-10H2,(H,17,21)(H,19,20). The van der Waals surface area contributed by atoms with E-state index in [0.29, 0.717) is 18.3 Å². The number of rotatable bonds is 2. The summed E-state index contributed by atoms with van der Waals surface area (Å²) in [5, 5.41) is 12.4. The molecule has 0 aromatic heterocycles. The highest BCUT2D eigenvalue weighted by atomic mass is 16.4. The molecular weight excluding hydrogens is 268 g/mol. The lowest BCUT2D eigenvalue weighted by Crippen LogP contribution is -2.48. The molecule has 5 heteroatoms. The number of urea groups is 1. The van der Waals surface area contributed by atoms with Crippen molar-refractivity contribution in [2.24, 2.45) is 17.8 Å². The second kappa shape index (κ2) is 6.24. The van der Waals surface area contributed by atoms with E-state index in [1.807, 2.05) is 4.90 Å².